The monoisotopic (exact) mass is 679 g/mol. The summed E-state index contributed by atoms with van der Waals surface area (Å²) in [6.45, 7) is 8.89. The average Bonchev–Trinajstić information content (AvgIpc) is 2.99. The molecule has 0 bridgehead atoms. The summed E-state index contributed by atoms with van der Waals surface area (Å²) in [5, 5.41) is 3.89. The normalized spacial score (nSPS) is 12.3. The van der Waals surface area contributed by atoms with Crippen molar-refractivity contribution in [2.75, 3.05) is 10.8 Å². The van der Waals surface area contributed by atoms with Crippen molar-refractivity contribution in [3.05, 3.63) is 129 Å². The molecule has 4 rings (SSSR count). The maximum absolute atomic E-state index is 14.6. The minimum Gasteiger partial charge on any atom is -0.350 e. The van der Waals surface area contributed by atoms with E-state index in [4.69, 9.17) is 23.2 Å². The van der Waals surface area contributed by atoms with E-state index in [1.54, 1.807) is 30.3 Å². The standard InChI is InChI=1S/C36H39Cl2N3O4S/c1-25-14-17-31(20-26(25)2)41(46(44,45)32-18-15-29(37)16-19-32)24-34(42)40(23-28-12-9-13-30(38)21-28)33(35(43)39-36(3,4)5)22-27-10-7-6-8-11-27/h6-21,33H,22-24H2,1-5H3,(H,39,43)/t33-/m1/s1. The Morgan fingerprint density at radius 2 is 1.43 bits per heavy atom. The number of nitrogens with one attached hydrogen (secondary N) is 1. The van der Waals surface area contributed by atoms with Crippen LogP contribution in [0.4, 0.5) is 5.69 Å². The third kappa shape index (κ3) is 9.12. The molecule has 0 unspecified atom stereocenters. The largest absolute Gasteiger partial charge is 0.350 e. The molecule has 0 spiro atoms. The molecule has 0 fully saturated rings. The number of aryl methyl sites for hydroxylation is 2. The summed E-state index contributed by atoms with van der Waals surface area (Å²) in [4.78, 5) is 30.0. The Morgan fingerprint density at radius 1 is 0.783 bits per heavy atom. The molecule has 0 radical (unpaired) electrons. The Labute approximate surface area is 282 Å². The molecule has 0 aromatic heterocycles. The Morgan fingerprint density at radius 3 is 2.04 bits per heavy atom. The van der Waals surface area contributed by atoms with Gasteiger partial charge < -0.3 is 10.2 Å². The zero-order valence-electron chi connectivity index (χ0n) is 26.6. The van der Waals surface area contributed by atoms with Crippen molar-refractivity contribution in [1.29, 1.82) is 0 Å². The van der Waals surface area contributed by atoms with Gasteiger partial charge in [0, 0.05) is 28.5 Å². The summed E-state index contributed by atoms with van der Waals surface area (Å²) in [5.74, 6) is -0.911. The third-order valence-electron chi connectivity index (χ3n) is 7.47. The molecule has 10 heteroatoms. The summed E-state index contributed by atoms with van der Waals surface area (Å²) >= 11 is 12.4. The molecule has 242 valence electrons. The second-order valence-electron chi connectivity index (χ2n) is 12.3. The first-order valence-electron chi connectivity index (χ1n) is 14.9. The quantitative estimate of drug-likeness (QED) is 0.179. The van der Waals surface area contributed by atoms with Crippen LogP contribution < -0.4 is 9.62 Å². The smallest absolute Gasteiger partial charge is 0.264 e. The number of anilines is 1. The number of halogens is 2. The van der Waals surface area contributed by atoms with Crippen molar-refractivity contribution >= 4 is 50.7 Å². The van der Waals surface area contributed by atoms with E-state index in [0.29, 0.717) is 21.3 Å². The first-order chi connectivity index (χ1) is 21.6. The van der Waals surface area contributed by atoms with Crippen LogP contribution in [-0.4, -0.2) is 43.3 Å². The van der Waals surface area contributed by atoms with E-state index in [0.717, 1.165) is 21.0 Å². The zero-order chi connectivity index (χ0) is 33.6. The molecule has 0 aliphatic heterocycles. The molecule has 0 saturated carbocycles. The molecule has 1 N–H and O–H groups in total. The fourth-order valence-electron chi connectivity index (χ4n) is 4.98. The molecule has 0 heterocycles. The van der Waals surface area contributed by atoms with Crippen LogP contribution in [0.3, 0.4) is 0 Å². The second-order valence-corrected chi connectivity index (χ2v) is 15.1. The number of rotatable bonds is 11. The van der Waals surface area contributed by atoms with Crippen LogP contribution in [0.5, 0.6) is 0 Å². The van der Waals surface area contributed by atoms with Gasteiger partial charge in [-0.2, -0.15) is 0 Å². The number of amides is 2. The predicted molar refractivity (Wildman–Crippen MR) is 186 cm³/mol. The minimum absolute atomic E-state index is 0.0179. The fraction of sp³-hybridized carbons (Fsp3) is 0.278. The SMILES string of the molecule is Cc1ccc(N(CC(=O)N(Cc2cccc(Cl)c2)[C@H](Cc2ccccc2)C(=O)NC(C)(C)C)S(=O)(=O)c2ccc(Cl)cc2)cc1C. The summed E-state index contributed by atoms with van der Waals surface area (Å²) < 4.78 is 29.5. The van der Waals surface area contributed by atoms with Crippen molar-refractivity contribution in [2.45, 2.75) is 64.1 Å². The van der Waals surface area contributed by atoms with Gasteiger partial charge in [0.2, 0.25) is 11.8 Å². The van der Waals surface area contributed by atoms with Crippen LogP contribution >= 0.6 is 23.2 Å². The van der Waals surface area contributed by atoms with E-state index < -0.39 is 34.1 Å². The Kier molecular flexibility index (Phi) is 11.2. The highest BCUT2D eigenvalue weighted by Crippen LogP contribution is 2.28. The lowest BCUT2D eigenvalue weighted by Gasteiger charge is -2.35. The van der Waals surface area contributed by atoms with Gasteiger partial charge in [0.05, 0.1) is 10.6 Å². The molecule has 0 saturated heterocycles. The number of hydrogen-bond acceptors (Lipinski definition) is 4. The van der Waals surface area contributed by atoms with Crippen molar-refractivity contribution in [1.82, 2.24) is 10.2 Å². The maximum atomic E-state index is 14.6. The van der Waals surface area contributed by atoms with Gasteiger partial charge in [-0.1, -0.05) is 71.7 Å². The van der Waals surface area contributed by atoms with Crippen molar-refractivity contribution in [2.24, 2.45) is 0 Å². The van der Waals surface area contributed by atoms with Gasteiger partial charge in [-0.15, -0.1) is 0 Å². The van der Waals surface area contributed by atoms with E-state index in [2.05, 4.69) is 5.32 Å². The fourth-order valence-corrected chi connectivity index (χ4v) is 6.73. The highest BCUT2D eigenvalue weighted by Gasteiger charge is 2.35. The molecule has 0 aliphatic rings. The predicted octanol–water partition coefficient (Wildman–Crippen LogP) is 7.36. The number of carbonyl (C=O) groups excluding carboxylic acids is 2. The van der Waals surface area contributed by atoms with Crippen LogP contribution in [0.1, 0.15) is 43.0 Å². The van der Waals surface area contributed by atoms with Crippen LogP contribution in [0.15, 0.2) is 102 Å². The number of carbonyl (C=O) groups is 2. The second kappa shape index (κ2) is 14.7. The van der Waals surface area contributed by atoms with E-state index in [9.17, 15) is 18.0 Å². The molecular formula is C36H39Cl2N3O4S. The molecular weight excluding hydrogens is 641 g/mol. The van der Waals surface area contributed by atoms with Crippen LogP contribution in [0.25, 0.3) is 0 Å². The first-order valence-corrected chi connectivity index (χ1v) is 17.1. The van der Waals surface area contributed by atoms with Crippen LogP contribution in [0, 0.1) is 13.8 Å². The molecule has 2 amide bonds. The Balaban J connectivity index is 1.84. The van der Waals surface area contributed by atoms with Crippen LogP contribution in [-0.2, 0) is 32.6 Å². The summed E-state index contributed by atoms with van der Waals surface area (Å²) in [6.07, 6.45) is 0.211. The van der Waals surface area contributed by atoms with Gasteiger partial charge in [0.1, 0.15) is 12.6 Å². The van der Waals surface area contributed by atoms with Crippen molar-refractivity contribution in [3.8, 4) is 0 Å². The molecule has 4 aromatic carbocycles. The lowest BCUT2D eigenvalue weighted by molar-refractivity contribution is -0.140. The minimum atomic E-state index is -4.24. The number of nitrogens with zero attached hydrogens (tertiary/aromatic N) is 2. The zero-order valence-corrected chi connectivity index (χ0v) is 29.0. The highest BCUT2D eigenvalue weighted by molar-refractivity contribution is 7.92. The third-order valence-corrected chi connectivity index (χ3v) is 9.75. The highest BCUT2D eigenvalue weighted by atomic mass is 35.5. The van der Waals surface area contributed by atoms with Gasteiger partial charge in [0.25, 0.3) is 10.0 Å². The number of sulfonamides is 1. The van der Waals surface area contributed by atoms with E-state index in [-0.39, 0.29) is 23.8 Å². The summed E-state index contributed by atoms with van der Waals surface area (Å²) in [6, 6.07) is 26.5. The van der Waals surface area contributed by atoms with Gasteiger partial charge >= 0.3 is 0 Å². The molecule has 0 aliphatic carbocycles. The van der Waals surface area contributed by atoms with Gasteiger partial charge in [-0.05, 0) is 105 Å². The maximum Gasteiger partial charge on any atom is 0.264 e. The Hall–Kier alpha value is -3.85. The van der Waals surface area contributed by atoms with Gasteiger partial charge in [0.15, 0.2) is 0 Å². The van der Waals surface area contributed by atoms with E-state index in [1.807, 2.05) is 77.1 Å². The van der Waals surface area contributed by atoms with Crippen LogP contribution in [0.2, 0.25) is 10.0 Å². The molecule has 7 nitrogen and oxygen atoms in total. The van der Waals surface area contributed by atoms with Gasteiger partial charge in [-0.3, -0.25) is 13.9 Å². The Bertz CT molecular complexity index is 1790. The van der Waals surface area contributed by atoms with Crippen molar-refractivity contribution in [3.63, 3.8) is 0 Å². The summed E-state index contributed by atoms with van der Waals surface area (Å²) in [5.41, 5.74) is 3.13. The lowest BCUT2D eigenvalue weighted by Crippen LogP contribution is -2.56. The molecule has 4 aromatic rings. The van der Waals surface area contributed by atoms with Gasteiger partial charge in [-0.25, -0.2) is 8.42 Å². The number of benzene rings is 4. The molecule has 46 heavy (non-hydrogen) atoms. The number of hydrogen-bond donors (Lipinski definition) is 1. The lowest BCUT2D eigenvalue weighted by atomic mass is 10.0. The average molecular weight is 681 g/mol. The molecule has 1 atom stereocenters. The van der Waals surface area contributed by atoms with E-state index in [1.165, 1.54) is 29.2 Å². The topological polar surface area (TPSA) is 86.8 Å². The van der Waals surface area contributed by atoms with Crippen molar-refractivity contribution < 1.29 is 18.0 Å². The summed E-state index contributed by atoms with van der Waals surface area (Å²) in [7, 11) is -4.24. The first kappa shape index (κ1) is 35.0. The van der Waals surface area contributed by atoms with E-state index >= 15 is 0 Å².